The standard InChI is InChI=1S/C21H30O4/c1-3-24-19(22)21(20(23)25-4-2)13-15-9-5-7-11-17(15)18-12-8-6-10-16(18)14-21/h3-14H2,1-2H3. The molecule has 0 aliphatic heterocycles. The minimum atomic E-state index is -1.18. The second-order valence-corrected chi connectivity index (χ2v) is 7.46. The number of carbonyl (C=O) groups excluding carboxylic acids is 2. The molecule has 0 atom stereocenters. The van der Waals surface area contributed by atoms with Crippen molar-refractivity contribution in [2.24, 2.45) is 5.41 Å². The zero-order valence-corrected chi connectivity index (χ0v) is 15.6. The number of allylic oxidation sites excluding steroid dienone is 4. The highest BCUT2D eigenvalue weighted by Gasteiger charge is 2.51. The predicted octanol–water partition coefficient (Wildman–Crippen LogP) is 4.63. The Morgan fingerprint density at radius 1 is 0.760 bits per heavy atom. The minimum Gasteiger partial charge on any atom is -0.465 e. The Morgan fingerprint density at radius 2 is 1.16 bits per heavy atom. The Balaban J connectivity index is 2.09. The smallest absolute Gasteiger partial charge is 0.324 e. The van der Waals surface area contributed by atoms with Crippen LogP contribution in [0.4, 0.5) is 0 Å². The van der Waals surface area contributed by atoms with Gasteiger partial charge in [-0.25, -0.2) is 0 Å². The van der Waals surface area contributed by atoms with Crippen LogP contribution < -0.4 is 0 Å². The molecule has 0 bridgehead atoms. The van der Waals surface area contributed by atoms with Crippen molar-refractivity contribution >= 4 is 11.9 Å². The number of hydrogen-bond acceptors (Lipinski definition) is 4. The van der Waals surface area contributed by atoms with Crippen LogP contribution in [0.3, 0.4) is 0 Å². The third kappa shape index (κ3) is 3.40. The van der Waals surface area contributed by atoms with E-state index < -0.39 is 17.4 Å². The fourth-order valence-electron chi connectivity index (χ4n) is 4.76. The summed E-state index contributed by atoms with van der Waals surface area (Å²) in [6.07, 6.45) is 9.83. The van der Waals surface area contributed by atoms with E-state index in [-0.39, 0.29) is 13.2 Å². The van der Waals surface area contributed by atoms with Crippen LogP contribution in [-0.2, 0) is 19.1 Å². The Morgan fingerprint density at radius 3 is 1.56 bits per heavy atom. The summed E-state index contributed by atoms with van der Waals surface area (Å²) in [6, 6.07) is 0. The van der Waals surface area contributed by atoms with E-state index in [2.05, 4.69) is 0 Å². The molecular weight excluding hydrogens is 316 g/mol. The van der Waals surface area contributed by atoms with Crippen LogP contribution in [0.5, 0.6) is 0 Å². The van der Waals surface area contributed by atoms with Gasteiger partial charge in [0.2, 0.25) is 0 Å². The first-order valence-electron chi connectivity index (χ1n) is 9.89. The van der Waals surface area contributed by atoms with Gasteiger partial charge in [-0.1, -0.05) is 11.1 Å². The molecule has 0 aromatic rings. The van der Waals surface area contributed by atoms with E-state index in [0.717, 1.165) is 38.5 Å². The lowest BCUT2D eigenvalue weighted by atomic mass is 9.75. The lowest BCUT2D eigenvalue weighted by molar-refractivity contribution is -0.172. The van der Waals surface area contributed by atoms with Crippen LogP contribution in [0.25, 0.3) is 0 Å². The number of hydrogen-bond donors (Lipinski definition) is 0. The maximum Gasteiger partial charge on any atom is 0.324 e. The zero-order chi connectivity index (χ0) is 17.9. The van der Waals surface area contributed by atoms with E-state index in [4.69, 9.17) is 9.47 Å². The predicted molar refractivity (Wildman–Crippen MR) is 95.9 cm³/mol. The molecule has 0 unspecified atom stereocenters. The Bertz CT molecular complexity index is 557. The van der Waals surface area contributed by atoms with E-state index in [1.165, 1.54) is 35.1 Å². The van der Waals surface area contributed by atoms with E-state index in [1.54, 1.807) is 13.8 Å². The molecule has 138 valence electrons. The van der Waals surface area contributed by atoms with Crippen LogP contribution in [0.1, 0.15) is 78.1 Å². The maximum absolute atomic E-state index is 13.0. The van der Waals surface area contributed by atoms with Gasteiger partial charge >= 0.3 is 11.9 Å². The van der Waals surface area contributed by atoms with Crippen molar-refractivity contribution < 1.29 is 19.1 Å². The first-order valence-corrected chi connectivity index (χ1v) is 9.89. The lowest BCUT2D eigenvalue weighted by Gasteiger charge is -2.30. The van der Waals surface area contributed by atoms with Crippen LogP contribution >= 0.6 is 0 Å². The summed E-state index contributed by atoms with van der Waals surface area (Å²) < 4.78 is 10.8. The number of esters is 2. The number of fused-ring (bicyclic) bond motifs is 1. The topological polar surface area (TPSA) is 52.6 Å². The molecule has 0 aromatic heterocycles. The van der Waals surface area contributed by atoms with Gasteiger partial charge < -0.3 is 9.47 Å². The molecule has 0 N–H and O–H groups in total. The molecule has 4 heteroatoms. The zero-order valence-electron chi connectivity index (χ0n) is 15.6. The summed E-state index contributed by atoms with van der Waals surface area (Å²) in [4.78, 5) is 25.9. The van der Waals surface area contributed by atoms with Crippen LogP contribution in [0.2, 0.25) is 0 Å². The SMILES string of the molecule is CCOC(=O)C1(C(=O)OCC)CC2=C(CCCC2)C2=C(CCCC2)C1. The summed E-state index contributed by atoms with van der Waals surface area (Å²) in [5.74, 6) is -0.796. The van der Waals surface area contributed by atoms with Crippen molar-refractivity contribution in [3.05, 3.63) is 22.3 Å². The molecule has 3 aliphatic carbocycles. The van der Waals surface area contributed by atoms with Gasteiger partial charge in [-0.15, -0.1) is 0 Å². The van der Waals surface area contributed by atoms with Gasteiger partial charge in [0, 0.05) is 0 Å². The molecule has 0 saturated heterocycles. The highest BCUT2D eigenvalue weighted by Crippen LogP contribution is 2.49. The molecule has 3 aliphatic rings. The second-order valence-electron chi connectivity index (χ2n) is 7.46. The van der Waals surface area contributed by atoms with Crippen LogP contribution in [-0.4, -0.2) is 25.2 Å². The lowest BCUT2D eigenvalue weighted by Crippen LogP contribution is -2.43. The Hall–Kier alpha value is -1.58. The van der Waals surface area contributed by atoms with Gasteiger partial charge in [-0.2, -0.15) is 0 Å². The molecule has 0 amide bonds. The van der Waals surface area contributed by atoms with Crippen molar-refractivity contribution in [2.45, 2.75) is 78.1 Å². The minimum absolute atomic E-state index is 0.289. The molecule has 0 radical (unpaired) electrons. The first-order chi connectivity index (χ1) is 12.1. The fourth-order valence-corrected chi connectivity index (χ4v) is 4.76. The first kappa shape index (κ1) is 18.2. The average Bonchev–Trinajstić information content (AvgIpc) is 2.77. The van der Waals surface area contributed by atoms with E-state index in [1.807, 2.05) is 0 Å². The molecule has 3 rings (SSSR count). The molecule has 25 heavy (non-hydrogen) atoms. The molecule has 0 heterocycles. The van der Waals surface area contributed by atoms with E-state index in [9.17, 15) is 9.59 Å². The number of rotatable bonds is 4. The van der Waals surface area contributed by atoms with Crippen molar-refractivity contribution in [1.82, 2.24) is 0 Å². The van der Waals surface area contributed by atoms with E-state index >= 15 is 0 Å². The molecule has 0 aromatic carbocycles. The summed E-state index contributed by atoms with van der Waals surface area (Å²) >= 11 is 0. The van der Waals surface area contributed by atoms with Crippen molar-refractivity contribution in [3.8, 4) is 0 Å². The number of carbonyl (C=O) groups is 2. The normalized spacial score (nSPS) is 22.6. The second kappa shape index (κ2) is 7.76. The molecule has 0 saturated carbocycles. The van der Waals surface area contributed by atoms with Crippen LogP contribution in [0.15, 0.2) is 22.3 Å². The van der Waals surface area contributed by atoms with Gasteiger partial charge in [0.1, 0.15) is 0 Å². The fraction of sp³-hybridized carbons (Fsp3) is 0.714. The Labute approximate surface area is 150 Å². The molecule has 0 spiro atoms. The van der Waals surface area contributed by atoms with Crippen LogP contribution in [0, 0.1) is 5.41 Å². The summed E-state index contributed by atoms with van der Waals surface area (Å²) in [7, 11) is 0. The third-order valence-corrected chi connectivity index (χ3v) is 5.89. The molecule has 4 nitrogen and oxygen atoms in total. The van der Waals surface area contributed by atoms with Crippen molar-refractivity contribution in [1.29, 1.82) is 0 Å². The summed E-state index contributed by atoms with van der Waals surface area (Å²) in [5, 5.41) is 0. The summed E-state index contributed by atoms with van der Waals surface area (Å²) in [6.45, 7) is 4.17. The molecule has 0 fully saturated rings. The Kier molecular flexibility index (Phi) is 5.65. The highest BCUT2D eigenvalue weighted by atomic mass is 16.6. The maximum atomic E-state index is 13.0. The largest absolute Gasteiger partial charge is 0.465 e. The van der Waals surface area contributed by atoms with Crippen molar-refractivity contribution in [3.63, 3.8) is 0 Å². The third-order valence-electron chi connectivity index (χ3n) is 5.89. The molecular formula is C21H30O4. The number of ether oxygens (including phenoxy) is 2. The monoisotopic (exact) mass is 346 g/mol. The van der Waals surface area contributed by atoms with Crippen molar-refractivity contribution in [2.75, 3.05) is 13.2 Å². The van der Waals surface area contributed by atoms with E-state index in [0.29, 0.717) is 12.8 Å². The average molecular weight is 346 g/mol. The van der Waals surface area contributed by atoms with Gasteiger partial charge in [-0.3, -0.25) is 9.59 Å². The van der Waals surface area contributed by atoms with Gasteiger partial charge in [0.25, 0.3) is 0 Å². The van der Waals surface area contributed by atoms with Gasteiger partial charge in [0.05, 0.1) is 13.2 Å². The van der Waals surface area contributed by atoms with Gasteiger partial charge in [0.15, 0.2) is 5.41 Å². The summed E-state index contributed by atoms with van der Waals surface area (Å²) in [5.41, 5.74) is 4.34. The van der Waals surface area contributed by atoms with Gasteiger partial charge in [-0.05, 0) is 89.2 Å². The quantitative estimate of drug-likeness (QED) is 0.550. The highest BCUT2D eigenvalue weighted by molar-refractivity contribution is 6.01.